The predicted octanol–water partition coefficient (Wildman–Crippen LogP) is 3.99. The summed E-state index contributed by atoms with van der Waals surface area (Å²) in [6.45, 7) is 17.7. The molecule has 0 aromatic carbocycles. The molecule has 120 valence electrons. The number of hydrogen-bond donors (Lipinski definition) is 0. The fraction of sp³-hybridized carbons (Fsp3) is 0.833. The number of carbonyl (C=O) groups excluding carboxylic acids is 1. The molecule has 0 unspecified atom stereocenters. The quantitative estimate of drug-likeness (QED) is 0.717. The zero-order chi connectivity index (χ0) is 16.0. The van der Waals surface area contributed by atoms with Crippen LogP contribution in [-0.2, 0) is 9.53 Å². The number of fused-ring (bicyclic) bond motifs is 1. The minimum absolute atomic E-state index is 0.220. The second kappa shape index (κ2) is 5.42. The predicted molar refractivity (Wildman–Crippen MR) is 85.8 cm³/mol. The Kier molecular flexibility index (Phi) is 4.27. The summed E-state index contributed by atoms with van der Waals surface area (Å²) in [5.41, 5.74) is 0.530. The SMILES string of the molecule is C=C(CC[C@]1(C)C[C@@]2(C)OC[C@H](C(C)C)N2C1=O)C(C)C. The van der Waals surface area contributed by atoms with E-state index < -0.39 is 5.72 Å². The summed E-state index contributed by atoms with van der Waals surface area (Å²) in [5.74, 6) is 1.20. The van der Waals surface area contributed by atoms with Gasteiger partial charge in [-0.15, -0.1) is 0 Å². The second-order valence-corrected chi connectivity index (χ2v) is 8.02. The van der Waals surface area contributed by atoms with Crippen molar-refractivity contribution < 1.29 is 9.53 Å². The van der Waals surface area contributed by atoms with Crippen molar-refractivity contribution in [3.05, 3.63) is 12.2 Å². The van der Waals surface area contributed by atoms with Gasteiger partial charge in [-0.2, -0.15) is 0 Å². The third kappa shape index (κ3) is 2.77. The first kappa shape index (κ1) is 16.5. The number of hydrogen-bond acceptors (Lipinski definition) is 2. The molecule has 2 fully saturated rings. The zero-order valence-electron chi connectivity index (χ0n) is 14.5. The van der Waals surface area contributed by atoms with Gasteiger partial charge in [0.15, 0.2) is 0 Å². The standard InChI is InChI=1S/C18H31NO2/c1-12(2)14(5)8-9-17(6)11-18(7)19(16(17)20)15(10-21-18)13(3)4/h12-13,15H,5,8-11H2,1-4,6-7H3/t15-,17-,18-/m1/s1. The van der Waals surface area contributed by atoms with Crippen LogP contribution >= 0.6 is 0 Å². The van der Waals surface area contributed by atoms with E-state index in [0.29, 0.717) is 18.4 Å². The van der Waals surface area contributed by atoms with Gasteiger partial charge in [0.05, 0.1) is 18.1 Å². The van der Waals surface area contributed by atoms with Crippen molar-refractivity contribution in [1.82, 2.24) is 4.90 Å². The molecule has 0 radical (unpaired) electrons. The molecule has 21 heavy (non-hydrogen) atoms. The lowest BCUT2D eigenvalue weighted by molar-refractivity contribution is -0.142. The lowest BCUT2D eigenvalue weighted by Gasteiger charge is -2.31. The molecule has 2 aliphatic rings. The molecule has 3 heteroatoms. The van der Waals surface area contributed by atoms with Gasteiger partial charge in [-0.1, -0.05) is 46.8 Å². The number of allylic oxidation sites excluding steroid dienone is 1. The average molecular weight is 293 g/mol. The third-order valence-corrected chi connectivity index (χ3v) is 5.44. The maximum atomic E-state index is 13.0. The van der Waals surface area contributed by atoms with E-state index in [2.05, 4.69) is 48.1 Å². The summed E-state index contributed by atoms with van der Waals surface area (Å²) < 4.78 is 6.04. The Morgan fingerprint density at radius 3 is 2.52 bits per heavy atom. The molecule has 2 rings (SSSR count). The van der Waals surface area contributed by atoms with Crippen LogP contribution in [0.25, 0.3) is 0 Å². The molecule has 0 aliphatic carbocycles. The third-order valence-electron chi connectivity index (χ3n) is 5.44. The van der Waals surface area contributed by atoms with E-state index in [1.165, 1.54) is 5.57 Å². The number of amides is 1. The molecule has 0 aromatic heterocycles. The first-order valence-electron chi connectivity index (χ1n) is 8.26. The van der Waals surface area contributed by atoms with Crippen LogP contribution in [0.15, 0.2) is 12.2 Å². The van der Waals surface area contributed by atoms with E-state index in [9.17, 15) is 4.79 Å². The van der Waals surface area contributed by atoms with E-state index in [4.69, 9.17) is 4.74 Å². The van der Waals surface area contributed by atoms with Crippen LogP contribution in [0.1, 0.15) is 60.8 Å². The minimum Gasteiger partial charge on any atom is -0.354 e. The maximum absolute atomic E-state index is 13.0. The molecule has 3 nitrogen and oxygen atoms in total. The Bertz CT molecular complexity index is 442. The number of ether oxygens (including phenoxy) is 1. The van der Waals surface area contributed by atoms with Crippen molar-refractivity contribution in [3.63, 3.8) is 0 Å². The summed E-state index contributed by atoms with van der Waals surface area (Å²) in [5, 5.41) is 0. The average Bonchev–Trinajstić information content (AvgIpc) is 2.80. The lowest BCUT2D eigenvalue weighted by atomic mass is 9.79. The van der Waals surface area contributed by atoms with Crippen molar-refractivity contribution in [3.8, 4) is 0 Å². The van der Waals surface area contributed by atoms with Crippen molar-refractivity contribution in [2.45, 2.75) is 72.6 Å². The zero-order valence-corrected chi connectivity index (χ0v) is 14.5. The number of carbonyl (C=O) groups is 1. The van der Waals surface area contributed by atoms with Crippen LogP contribution in [-0.4, -0.2) is 29.2 Å². The van der Waals surface area contributed by atoms with Gasteiger partial charge in [-0.05, 0) is 31.6 Å². The van der Waals surface area contributed by atoms with Crippen molar-refractivity contribution in [2.24, 2.45) is 17.3 Å². The highest BCUT2D eigenvalue weighted by atomic mass is 16.5. The van der Waals surface area contributed by atoms with Crippen LogP contribution < -0.4 is 0 Å². The van der Waals surface area contributed by atoms with Crippen LogP contribution in [0.4, 0.5) is 0 Å². The molecular weight excluding hydrogens is 262 g/mol. The summed E-state index contributed by atoms with van der Waals surface area (Å²) in [4.78, 5) is 15.1. The van der Waals surface area contributed by atoms with Gasteiger partial charge in [0, 0.05) is 6.42 Å². The molecular formula is C18H31NO2. The molecule has 2 aliphatic heterocycles. The first-order chi connectivity index (χ1) is 9.61. The van der Waals surface area contributed by atoms with E-state index in [-0.39, 0.29) is 17.4 Å². The van der Waals surface area contributed by atoms with Crippen molar-refractivity contribution in [1.29, 1.82) is 0 Å². The smallest absolute Gasteiger partial charge is 0.231 e. The van der Waals surface area contributed by atoms with Crippen LogP contribution in [0.2, 0.25) is 0 Å². The van der Waals surface area contributed by atoms with Gasteiger partial charge >= 0.3 is 0 Å². The summed E-state index contributed by atoms with van der Waals surface area (Å²) in [6, 6.07) is 0.220. The number of rotatable bonds is 5. The van der Waals surface area contributed by atoms with E-state index in [1.54, 1.807) is 0 Å². The first-order valence-corrected chi connectivity index (χ1v) is 8.26. The summed E-state index contributed by atoms with van der Waals surface area (Å²) >= 11 is 0. The minimum atomic E-state index is -0.403. The normalized spacial score (nSPS) is 35.9. The van der Waals surface area contributed by atoms with Gasteiger partial charge < -0.3 is 9.64 Å². The highest BCUT2D eigenvalue weighted by molar-refractivity contribution is 5.86. The van der Waals surface area contributed by atoms with Gasteiger partial charge in [-0.25, -0.2) is 0 Å². The molecule has 0 saturated carbocycles. The molecule has 0 N–H and O–H groups in total. The van der Waals surface area contributed by atoms with Crippen LogP contribution in [0.5, 0.6) is 0 Å². The van der Waals surface area contributed by atoms with E-state index >= 15 is 0 Å². The van der Waals surface area contributed by atoms with Crippen molar-refractivity contribution in [2.75, 3.05) is 6.61 Å². The molecule has 0 spiro atoms. The molecule has 0 bridgehead atoms. The van der Waals surface area contributed by atoms with Gasteiger partial charge in [0.25, 0.3) is 0 Å². The van der Waals surface area contributed by atoms with Crippen molar-refractivity contribution >= 4 is 5.91 Å². The van der Waals surface area contributed by atoms with Gasteiger partial charge in [0.1, 0.15) is 5.72 Å². The molecule has 1 amide bonds. The molecule has 0 aromatic rings. The Balaban J connectivity index is 2.14. The number of nitrogens with zero attached hydrogens (tertiary/aromatic N) is 1. The second-order valence-electron chi connectivity index (χ2n) is 8.02. The Morgan fingerprint density at radius 1 is 1.38 bits per heavy atom. The maximum Gasteiger partial charge on any atom is 0.231 e. The highest BCUT2D eigenvalue weighted by Gasteiger charge is 2.60. The largest absolute Gasteiger partial charge is 0.354 e. The fourth-order valence-corrected chi connectivity index (χ4v) is 3.76. The highest BCUT2D eigenvalue weighted by Crippen LogP contribution is 2.51. The fourth-order valence-electron chi connectivity index (χ4n) is 3.76. The van der Waals surface area contributed by atoms with Crippen LogP contribution in [0.3, 0.4) is 0 Å². The van der Waals surface area contributed by atoms with E-state index in [1.807, 2.05) is 4.90 Å². The molecule has 2 saturated heterocycles. The Morgan fingerprint density at radius 2 is 2.00 bits per heavy atom. The molecule has 3 atom stereocenters. The summed E-state index contributed by atoms with van der Waals surface area (Å²) in [7, 11) is 0. The van der Waals surface area contributed by atoms with Gasteiger partial charge in [-0.3, -0.25) is 4.79 Å². The summed E-state index contributed by atoms with van der Waals surface area (Å²) in [6.07, 6.45) is 2.60. The monoisotopic (exact) mass is 293 g/mol. The Labute approximate surface area is 129 Å². The molecule has 2 heterocycles. The Hall–Kier alpha value is -0.830. The van der Waals surface area contributed by atoms with E-state index in [0.717, 1.165) is 19.3 Å². The topological polar surface area (TPSA) is 29.5 Å². The van der Waals surface area contributed by atoms with Gasteiger partial charge in [0.2, 0.25) is 5.91 Å². The van der Waals surface area contributed by atoms with Crippen LogP contribution in [0, 0.1) is 17.3 Å². The lowest BCUT2D eigenvalue weighted by Crippen LogP contribution is -2.46.